The van der Waals surface area contributed by atoms with Crippen LogP contribution in [-0.2, 0) is 17.5 Å². The molecule has 6 nitrogen and oxygen atoms in total. The van der Waals surface area contributed by atoms with Crippen LogP contribution in [-0.4, -0.2) is 38.2 Å². The van der Waals surface area contributed by atoms with Gasteiger partial charge in [0.25, 0.3) is 11.8 Å². The van der Waals surface area contributed by atoms with Crippen LogP contribution in [0.5, 0.6) is 0 Å². The molecule has 4 rings (SSSR count). The highest BCUT2D eigenvalue weighted by atomic mass is 35.5. The Labute approximate surface area is 229 Å². The van der Waals surface area contributed by atoms with Crippen molar-refractivity contribution in [3.8, 4) is 0 Å². The fraction of sp³-hybridized carbons (Fsp3) is 0.357. The summed E-state index contributed by atoms with van der Waals surface area (Å²) in [4.78, 5) is 28.3. The molecule has 0 radical (unpaired) electrons. The molecule has 3 aromatic rings. The van der Waals surface area contributed by atoms with E-state index in [1.807, 2.05) is 35.2 Å². The van der Waals surface area contributed by atoms with Crippen LogP contribution in [0.3, 0.4) is 0 Å². The lowest BCUT2D eigenvalue weighted by molar-refractivity contribution is 0.0767. The van der Waals surface area contributed by atoms with Crippen molar-refractivity contribution in [2.45, 2.75) is 52.0 Å². The Morgan fingerprint density at radius 2 is 1.89 bits per heavy atom. The van der Waals surface area contributed by atoms with E-state index >= 15 is 0 Å². The third-order valence-electron chi connectivity index (χ3n) is 7.06. The number of hydrogen-bond acceptors (Lipinski definition) is 5. The molecule has 2 heterocycles. The first-order valence-corrected chi connectivity index (χ1v) is 16.5. The minimum atomic E-state index is -1.77. The van der Waals surface area contributed by atoms with Crippen LogP contribution >= 0.6 is 22.9 Å². The molecule has 9 heteroatoms. The van der Waals surface area contributed by atoms with E-state index in [0.717, 1.165) is 23.4 Å². The van der Waals surface area contributed by atoms with Crippen molar-refractivity contribution in [3.05, 3.63) is 80.5 Å². The molecule has 0 aliphatic carbocycles. The molecule has 1 aliphatic rings. The molecule has 0 spiro atoms. The van der Waals surface area contributed by atoms with Crippen molar-refractivity contribution in [2.24, 2.45) is 0 Å². The summed E-state index contributed by atoms with van der Waals surface area (Å²) in [7, 11) is -1.77. The van der Waals surface area contributed by atoms with Crippen molar-refractivity contribution < 1.29 is 14.0 Å². The molecular formula is C28H34ClN3O3SSi. The van der Waals surface area contributed by atoms with Crippen LogP contribution in [0.4, 0.5) is 11.4 Å². The Kier molecular flexibility index (Phi) is 8.13. The van der Waals surface area contributed by atoms with Gasteiger partial charge in [0.15, 0.2) is 8.32 Å². The Bertz CT molecular complexity index is 1300. The number of fused-ring (bicyclic) bond motifs is 1. The second-order valence-electron chi connectivity index (χ2n) is 10.8. The van der Waals surface area contributed by atoms with Crippen LogP contribution in [0.2, 0.25) is 22.5 Å². The van der Waals surface area contributed by atoms with Crippen molar-refractivity contribution in [1.82, 2.24) is 4.90 Å². The lowest BCUT2D eigenvalue weighted by atomic mass is 10.1. The topological polar surface area (TPSA) is 70.7 Å². The number of thiophene rings is 1. The number of rotatable bonds is 9. The lowest BCUT2D eigenvalue weighted by Crippen LogP contribution is -2.41. The minimum absolute atomic E-state index is 0.0868. The number of carbonyl (C=O) groups excluding carboxylic acids is 2. The highest BCUT2D eigenvalue weighted by Crippen LogP contribution is 2.36. The molecule has 0 bridgehead atoms. The van der Waals surface area contributed by atoms with Gasteiger partial charge >= 0.3 is 0 Å². The standard InChI is InChI=1S/C28H34ClN3O3SSi/c1-28(2,3)37(4,5)35-15-14-30-21-10-6-8-19(16-21)17-32-18-20-9-7-11-22(25(20)27(32)34)31-26(33)23-12-13-24(29)36-23/h6-13,16,30H,14-15,17-18H2,1-5H3,(H,31,33). The lowest BCUT2D eigenvalue weighted by Gasteiger charge is -2.36. The maximum atomic E-state index is 13.3. The highest BCUT2D eigenvalue weighted by molar-refractivity contribution is 7.18. The van der Waals surface area contributed by atoms with E-state index in [1.54, 1.807) is 18.2 Å². The van der Waals surface area contributed by atoms with E-state index in [-0.39, 0.29) is 16.9 Å². The van der Waals surface area contributed by atoms with Crippen LogP contribution in [0, 0.1) is 0 Å². The zero-order chi connectivity index (χ0) is 26.8. The van der Waals surface area contributed by atoms with Crippen molar-refractivity contribution in [1.29, 1.82) is 0 Å². The SMILES string of the molecule is CC(C)(C)[Si](C)(C)OCCNc1cccc(CN2Cc3cccc(NC(=O)c4ccc(Cl)s4)c3C2=O)c1. The molecule has 0 atom stereocenters. The molecule has 0 saturated heterocycles. The van der Waals surface area contributed by atoms with Gasteiger partial charge in [0, 0.05) is 25.3 Å². The predicted molar refractivity (Wildman–Crippen MR) is 155 cm³/mol. The van der Waals surface area contributed by atoms with Crippen molar-refractivity contribution >= 4 is 54.4 Å². The Morgan fingerprint density at radius 1 is 1.14 bits per heavy atom. The number of carbonyl (C=O) groups is 2. The van der Waals surface area contributed by atoms with Crippen molar-refractivity contribution in [3.63, 3.8) is 0 Å². The molecule has 1 aliphatic heterocycles. The van der Waals surface area contributed by atoms with E-state index in [9.17, 15) is 9.59 Å². The number of benzene rings is 2. The normalized spacial score (nSPS) is 13.6. The van der Waals surface area contributed by atoms with Gasteiger partial charge in [-0.25, -0.2) is 0 Å². The minimum Gasteiger partial charge on any atom is -0.415 e. The third kappa shape index (κ3) is 6.44. The molecule has 37 heavy (non-hydrogen) atoms. The third-order valence-corrected chi connectivity index (χ3v) is 12.8. The highest BCUT2D eigenvalue weighted by Gasteiger charge is 2.36. The van der Waals surface area contributed by atoms with Gasteiger partial charge in [0.1, 0.15) is 0 Å². The average Bonchev–Trinajstić information content (AvgIpc) is 3.40. The number of nitrogens with zero attached hydrogens (tertiary/aromatic N) is 1. The van der Waals surface area contributed by atoms with Gasteiger partial charge in [-0.3, -0.25) is 9.59 Å². The van der Waals surface area contributed by atoms with Crippen LogP contribution < -0.4 is 10.6 Å². The van der Waals surface area contributed by atoms with Gasteiger partial charge in [0.05, 0.1) is 27.1 Å². The summed E-state index contributed by atoms with van der Waals surface area (Å²) in [5.74, 6) is -0.357. The summed E-state index contributed by atoms with van der Waals surface area (Å²) in [5, 5.41) is 6.53. The fourth-order valence-corrected chi connectivity index (χ4v) is 5.97. The summed E-state index contributed by atoms with van der Waals surface area (Å²) < 4.78 is 6.81. The summed E-state index contributed by atoms with van der Waals surface area (Å²) in [6, 6.07) is 17.1. The second-order valence-corrected chi connectivity index (χ2v) is 17.3. The number of halogens is 1. The predicted octanol–water partition coefficient (Wildman–Crippen LogP) is 7.24. The van der Waals surface area contributed by atoms with E-state index in [4.69, 9.17) is 16.0 Å². The van der Waals surface area contributed by atoms with E-state index in [2.05, 4.69) is 50.6 Å². The number of nitrogens with one attached hydrogen (secondary N) is 2. The molecule has 2 aromatic carbocycles. The molecule has 0 saturated carbocycles. The molecule has 2 N–H and O–H groups in total. The van der Waals surface area contributed by atoms with Gasteiger partial charge in [-0.2, -0.15) is 0 Å². The molecule has 2 amide bonds. The maximum absolute atomic E-state index is 13.3. The van der Waals surface area contributed by atoms with E-state index in [1.165, 1.54) is 11.3 Å². The monoisotopic (exact) mass is 555 g/mol. The zero-order valence-electron chi connectivity index (χ0n) is 22.0. The van der Waals surface area contributed by atoms with Gasteiger partial charge in [-0.1, -0.05) is 56.6 Å². The summed E-state index contributed by atoms with van der Waals surface area (Å²) in [6.07, 6.45) is 0. The van der Waals surface area contributed by atoms with Gasteiger partial charge in [0.2, 0.25) is 0 Å². The Hall–Kier alpha value is -2.65. The smallest absolute Gasteiger partial charge is 0.265 e. The summed E-state index contributed by atoms with van der Waals surface area (Å²) >= 11 is 7.18. The summed E-state index contributed by atoms with van der Waals surface area (Å²) in [6.45, 7) is 13.6. The largest absolute Gasteiger partial charge is 0.415 e. The van der Waals surface area contributed by atoms with E-state index < -0.39 is 8.32 Å². The first-order valence-electron chi connectivity index (χ1n) is 12.4. The van der Waals surface area contributed by atoms with Gasteiger partial charge < -0.3 is 20.0 Å². The summed E-state index contributed by atoms with van der Waals surface area (Å²) in [5.41, 5.74) is 4.02. The molecule has 196 valence electrons. The zero-order valence-corrected chi connectivity index (χ0v) is 24.6. The molecule has 0 fully saturated rings. The number of anilines is 2. The second kappa shape index (κ2) is 11.0. The number of amides is 2. The Morgan fingerprint density at radius 3 is 2.59 bits per heavy atom. The van der Waals surface area contributed by atoms with Gasteiger partial charge in [-0.15, -0.1) is 11.3 Å². The first kappa shape index (κ1) is 27.4. The Balaban J connectivity index is 1.37. The van der Waals surface area contributed by atoms with Crippen molar-refractivity contribution in [2.75, 3.05) is 23.8 Å². The molecule has 0 unspecified atom stereocenters. The molecule has 1 aromatic heterocycles. The quantitative estimate of drug-likeness (QED) is 0.215. The average molecular weight is 556 g/mol. The fourth-order valence-electron chi connectivity index (χ4n) is 3.99. The maximum Gasteiger partial charge on any atom is 0.265 e. The first-order chi connectivity index (χ1) is 17.4. The van der Waals surface area contributed by atoms with Gasteiger partial charge in [-0.05, 0) is 59.6 Å². The van der Waals surface area contributed by atoms with Crippen LogP contribution in [0.1, 0.15) is 51.9 Å². The van der Waals surface area contributed by atoms with Crippen LogP contribution in [0.15, 0.2) is 54.6 Å². The van der Waals surface area contributed by atoms with Crippen LogP contribution in [0.25, 0.3) is 0 Å². The number of hydrogen-bond donors (Lipinski definition) is 2. The molecular weight excluding hydrogens is 522 g/mol. The van der Waals surface area contributed by atoms with E-state index in [0.29, 0.717) is 40.2 Å².